The lowest BCUT2D eigenvalue weighted by Gasteiger charge is -2.15. The molecule has 0 amide bonds. The molecule has 0 aromatic heterocycles. The molecule has 5 heteroatoms. The van der Waals surface area contributed by atoms with Crippen LogP contribution in [-0.4, -0.2) is 39.4 Å². The topological polar surface area (TPSA) is 61.8 Å². The number of ether oxygens (including phenoxy) is 3. The maximum atomic E-state index is 11.3. The van der Waals surface area contributed by atoms with Crippen LogP contribution in [0.5, 0.6) is 0 Å². The third kappa shape index (κ3) is 4.44. The fourth-order valence-corrected chi connectivity index (χ4v) is 1.28. The van der Waals surface area contributed by atoms with Crippen LogP contribution in [0.3, 0.4) is 0 Å². The Morgan fingerprint density at radius 2 is 1.62 bits per heavy atom. The first-order valence-electron chi connectivity index (χ1n) is 4.91. The fraction of sp³-hybridized carbons (Fsp3) is 0.636. The molecule has 0 bridgehead atoms. The molecular formula is C11H18O5. The molecule has 0 heterocycles. The van der Waals surface area contributed by atoms with Gasteiger partial charge in [-0.05, 0) is 12.8 Å². The molecule has 0 saturated heterocycles. The van der Waals surface area contributed by atoms with E-state index in [1.807, 2.05) is 0 Å². The van der Waals surface area contributed by atoms with E-state index in [1.165, 1.54) is 21.3 Å². The first kappa shape index (κ1) is 14.6. The van der Waals surface area contributed by atoms with Crippen molar-refractivity contribution in [2.45, 2.75) is 18.9 Å². The standard InChI is InChI=1S/C11H18O5/c1-5-8(14-2)6-7-9(10(12)15-3)11(13)16-4/h5,8-9H,1,6-7H2,2-4H3. The molecule has 0 aliphatic rings. The van der Waals surface area contributed by atoms with Crippen LogP contribution in [0, 0.1) is 5.92 Å². The molecule has 0 fully saturated rings. The normalized spacial score (nSPS) is 12.0. The molecule has 0 radical (unpaired) electrons. The smallest absolute Gasteiger partial charge is 0.320 e. The van der Waals surface area contributed by atoms with Crippen molar-refractivity contribution in [3.63, 3.8) is 0 Å². The van der Waals surface area contributed by atoms with Gasteiger partial charge in [0.25, 0.3) is 0 Å². The summed E-state index contributed by atoms with van der Waals surface area (Å²) in [4.78, 5) is 22.6. The van der Waals surface area contributed by atoms with E-state index in [0.29, 0.717) is 12.8 Å². The summed E-state index contributed by atoms with van der Waals surface area (Å²) in [6, 6.07) is 0. The average molecular weight is 230 g/mol. The summed E-state index contributed by atoms with van der Waals surface area (Å²) in [5.74, 6) is -2.08. The van der Waals surface area contributed by atoms with Gasteiger partial charge in [-0.25, -0.2) is 0 Å². The summed E-state index contributed by atoms with van der Waals surface area (Å²) in [6.07, 6.45) is 2.25. The summed E-state index contributed by atoms with van der Waals surface area (Å²) in [6.45, 7) is 3.58. The number of carbonyl (C=O) groups is 2. The highest BCUT2D eigenvalue weighted by molar-refractivity contribution is 5.94. The second-order valence-electron chi connectivity index (χ2n) is 3.19. The quantitative estimate of drug-likeness (QED) is 0.370. The molecule has 5 nitrogen and oxygen atoms in total. The first-order chi connectivity index (χ1) is 7.60. The molecule has 0 aliphatic carbocycles. The third-order valence-corrected chi connectivity index (χ3v) is 2.28. The van der Waals surface area contributed by atoms with Gasteiger partial charge in [-0.1, -0.05) is 6.08 Å². The summed E-state index contributed by atoms with van der Waals surface area (Å²) in [7, 11) is 4.01. The van der Waals surface area contributed by atoms with E-state index in [-0.39, 0.29) is 6.10 Å². The van der Waals surface area contributed by atoms with Gasteiger partial charge >= 0.3 is 11.9 Å². The Bertz CT molecular complexity index is 233. The monoisotopic (exact) mass is 230 g/mol. The van der Waals surface area contributed by atoms with Crippen LogP contribution in [0.2, 0.25) is 0 Å². The lowest BCUT2D eigenvalue weighted by molar-refractivity contribution is -0.159. The Kier molecular flexibility index (Phi) is 7.20. The summed E-state index contributed by atoms with van der Waals surface area (Å²) in [5, 5.41) is 0. The highest BCUT2D eigenvalue weighted by Crippen LogP contribution is 2.14. The Hall–Kier alpha value is -1.36. The van der Waals surface area contributed by atoms with E-state index < -0.39 is 17.9 Å². The van der Waals surface area contributed by atoms with Crippen LogP contribution < -0.4 is 0 Å². The number of hydrogen-bond donors (Lipinski definition) is 0. The first-order valence-corrected chi connectivity index (χ1v) is 4.91. The molecule has 0 N–H and O–H groups in total. The zero-order valence-corrected chi connectivity index (χ0v) is 9.89. The van der Waals surface area contributed by atoms with Crippen molar-refractivity contribution in [2.24, 2.45) is 5.92 Å². The zero-order valence-electron chi connectivity index (χ0n) is 9.89. The summed E-state index contributed by atoms with van der Waals surface area (Å²) < 4.78 is 14.1. The van der Waals surface area contributed by atoms with Crippen molar-refractivity contribution in [2.75, 3.05) is 21.3 Å². The van der Waals surface area contributed by atoms with Crippen molar-refractivity contribution in [1.82, 2.24) is 0 Å². The molecule has 92 valence electrons. The van der Waals surface area contributed by atoms with E-state index >= 15 is 0 Å². The van der Waals surface area contributed by atoms with Gasteiger partial charge in [0.05, 0.1) is 20.3 Å². The van der Waals surface area contributed by atoms with E-state index in [0.717, 1.165) is 0 Å². The van der Waals surface area contributed by atoms with Gasteiger partial charge in [-0.2, -0.15) is 0 Å². The molecule has 1 atom stereocenters. The van der Waals surface area contributed by atoms with E-state index in [1.54, 1.807) is 6.08 Å². The van der Waals surface area contributed by atoms with Crippen LogP contribution in [0.15, 0.2) is 12.7 Å². The molecular weight excluding hydrogens is 212 g/mol. The van der Waals surface area contributed by atoms with Gasteiger partial charge in [0.1, 0.15) is 0 Å². The molecule has 0 saturated carbocycles. The maximum absolute atomic E-state index is 11.3. The maximum Gasteiger partial charge on any atom is 0.320 e. The molecule has 0 rings (SSSR count). The van der Waals surface area contributed by atoms with Crippen molar-refractivity contribution in [1.29, 1.82) is 0 Å². The van der Waals surface area contributed by atoms with E-state index in [2.05, 4.69) is 16.1 Å². The number of rotatable bonds is 7. The second-order valence-corrected chi connectivity index (χ2v) is 3.19. The molecule has 0 aromatic rings. The molecule has 0 spiro atoms. The molecule has 0 aliphatic heterocycles. The Balaban J connectivity index is 4.37. The van der Waals surface area contributed by atoms with Gasteiger partial charge < -0.3 is 14.2 Å². The van der Waals surface area contributed by atoms with Gasteiger partial charge in [-0.3, -0.25) is 9.59 Å². The minimum absolute atomic E-state index is 0.184. The van der Waals surface area contributed by atoms with Crippen LogP contribution in [0.1, 0.15) is 12.8 Å². The molecule has 0 aromatic carbocycles. The van der Waals surface area contributed by atoms with Crippen LogP contribution >= 0.6 is 0 Å². The summed E-state index contributed by atoms with van der Waals surface area (Å²) >= 11 is 0. The van der Waals surface area contributed by atoms with Gasteiger partial charge in [0.2, 0.25) is 0 Å². The van der Waals surface area contributed by atoms with Crippen LogP contribution in [0.4, 0.5) is 0 Å². The minimum Gasteiger partial charge on any atom is -0.468 e. The van der Waals surface area contributed by atoms with Crippen molar-refractivity contribution in [3.05, 3.63) is 12.7 Å². The minimum atomic E-state index is -0.896. The Morgan fingerprint density at radius 1 is 1.12 bits per heavy atom. The lowest BCUT2D eigenvalue weighted by atomic mass is 10.0. The van der Waals surface area contributed by atoms with Crippen molar-refractivity contribution >= 4 is 11.9 Å². The molecule has 16 heavy (non-hydrogen) atoms. The van der Waals surface area contributed by atoms with Crippen LogP contribution in [0.25, 0.3) is 0 Å². The van der Waals surface area contributed by atoms with Crippen molar-refractivity contribution in [3.8, 4) is 0 Å². The third-order valence-electron chi connectivity index (χ3n) is 2.28. The van der Waals surface area contributed by atoms with E-state index in [9.17, 15) is 9.59 Å². The average Bonchev–Trinajstić information content (AvgIpc) is 2.33. The largest absolute Gasteiger partial charge is 0.468 e. The SMILES string of the molecule is C=CC(CCC(C(=O)OC)C(=O)OC)OC. The van der Waals surface area contributed by atoms with Gasteiger partial charge in [0.15, 0.2) is 5.92 Å². The highest BCUT2D eigenvalue weighted by atomic mass is 16.5. The van der Waals surface area contributed by atoms with Crippen LogP contribution in [-0.2, 0) is 23.8 Å². The van der Waals surface area contributed by atoms with Gasteiger partial charge in [0, 0.05) is 7.11 Å². The second kappa shape index (κ2) is 7.87. The Labute approximate surface area is 95.4 Å². The zero-order chi connectivity index (χ0) is 12.6. The number of carbonyl (C=O) groups excluding carboxylic acids is 2. The predicted molar refractivity (Wildman–Crippen MR) is 57.8 cm³/mol. The van der Waals surface area contributed by atoms with E-state index in [4.69, 9.17) is 4.74 Å². The number of methoxy groups -OCH3 is 3. The van der Waals surface area contributed by atoms with Crippen molar-refractivity contribution < 1.29 is 23.8 Å². The number of esters is 2. The Morgan fingerprint density at radius 3 is 1.94 bits per heavy atom. The summed E-state index contributed by atoms with van der Waals surface area (Å²) in [5.41, 5.74) is 0. The fourth-order valence-electron chi connectivity index (χ4n) is 1.28. The predicted octanol–water partition coefficient (Wildman–Crippen LogP) is 0.930. The highest BCUT2D eigenvalue weighted by Gasteiger charge is 2.28. The van der Waals surface area contributed by atoms with Gasteiger partial charge in [-0.15, -0.1) is 6.58 Å². The number of hydrogen-bond acceptors (Lipinski definition) is 5. The lowest BCUT2D eigenvalue weighted by Crippen LogP contribution is -2.27. The molecule has 1 unspecified atom stereocenters.